The van der Waals surface area contributed by atoms with Crippen molar-refractivity contribution < 1.29 is 33.0 Å². The van der Waals surface area contributed by atoms with E-state index in [9.17, 15) is 33.0 Å². The number of nitrogens with one attached hydrogen (secondary N) is 1. The maximum Gasteiger partial charge on any atom is 0.255 e. The molecule has 3 heterocycles. The average Bonchev–Trinajstić information content (AvgIpc) is 3.29. The van der Waals surface area contributed by atoms with Gasteiger partial charge in [0.2, 0.25) is 11.8 Å². The molecule has 0 aliphatic carbocycles. The monoisotopic (exact) mass is 484 g/mol. The van der Waals surface area contributed by atoms with Crippen molar-refractivity contribution >= 4 is 45.4 Å². The van der Waals surface area contributed by atoms with E-state index >= 15 is 0 Å². The van der Waals surface area contributed by atoms with Crippen molar-refractivity contribution in [3.63, 3.8) is 0 Å². The fourth-order valence-corrected chi connectivity index (χ4v) is 6.39. The van der Waals surface area contributed by atoms with Gasteiger partial charge >= 0.3 is 0 Å². The summed E-state index contributed by atoms with van der Waals surface area (Å²) in [5, 5.41) is 21.9. The van der Waals surface area contributed by atoms with Gasteiger partial charge in [-0.1, -0.05) is 11.6 Å². The van der Waals surface area contributed by atoms with E-state index in [4.69, 9.17) is 11.6 Å². The quantitative estimate of drug-likeness (QED) is 0.236. The van der Waals surface area contributed by atoms with E-state index in [2.05, 4.69) is 10.5 Å². The molecule has 1 aromatic rings. The van der Waals surface area contributed by atoms with Gasteiger partial charge in [0, 0.05) is 25.8 Å². The molecule has 172 valence electrons. The number of likely N-dealkylation sites (tertiary alicyclic amines) is 1. The number of phenolic OH excluding ortho intramolecular Hbond substituents is 2. The molecule has 32 heavy (non-hydrogen) atoms. The first kappa shape index (κ1) is 22.3. The third-order valence-corrected chi connectivity index (χ3v) is 9.25. The van der Waals surface area contributed by atoms with Gasteiger partial charge in [0.05, 0.1) is 22.9 Å². The second-order valence-corrected chi connectivity index (χ2v) is 11.2. The van der Waals surface area contributed by atoms with Gasteiger partial charge in [0.1, 0.15) is 10.1 Å². The molecule has 1 unspecified atom stereocenters. The van der Waals surface area contributed by atoms with E-state index in [1.807, 2.05) is 0 Å². The molecule has 3 atom stereocenters. The van der Waals surface area contributed by atoms with E-state index in [1.165, 1.54) is 22.8 Å². The number of β-lactam (4-membered cyclic amide) rings is 1. The molecule has 0 saturated carbocycles. The molecule has 0 radical (unpaired) electrons. The van der Waals surface area contributed by atoms with Gasteiger partial charge in [-0.3, -0.25) is 14.4 Å². The number of benzene rings is 1. The van der Waals surface area contributed by atoms with Crippen LogP contribution in [0.25, 0.3) is 0 Å². The minimum absolute atomic E-state index is 0.000382. The Labute approximate surface area is 188 Å². The second kappa shape index (κ2) is 7.62. The van der Waals surface area contributed by atoms with Crippen LogP contribution in [0, 0.1) is 5.92 Å². The van der Waals surface area contributed by atoms with Gasteiger partial charge in [-0.25, -0.2) is 13.8 Å². The zero-order valence-corrected chi connectivity index (χ0v) is 18.6. The van der Waals surface area contributed by atoms with E-state index in [1.54, 1.807) is 0 Å². The summed E-state index contributed by atoms with van der Waals surface area (Å²) < 4.78 is 23.8. The molecule has 4 rings (SSSR count). The summed E-state index contributed by atoms with van der Waals surface area (Å²) >= 11 is 5.94. The van der Waals surface area contributed by atoms with Gasteiger partial charge in [0.15, 0.2) is 21.3 Å². The highest BCUT2D eigenvalue weighted by molar-refractivity contribution is 7.94. The second-order valence-electron chi connectivity index (χ2n) is 8.30. The molecule has 11 nitrogen and oxygen atoms in total. The summed E-state index contributed by atoms with van der Waals surface area (Å²) in [6.07, 6.45) is 1.46. The van der Waals surface area contributed by atoms with Crippen molar-refractivity contribution in [2.45, 2.75) is 29.9 Å². The molecular weight excluding hydrogens is 464 g/mol. The topological polar surface area (TPSA) is 157 Å². The van der Waals surface area contributed by atoms with Crippen molar-refractivity contribution in [2.24, 2.45) is 11.0 Å². The average molecular weight is 485 g/mol. The number of sulfone groups is 1. The van der Waals surface area contributed by atoms with Crippen LogP contribution in [0.3, 0.4) is 0 Å². The molecule has 13 heteroatoms. The van der Waals surface area contributed by atoms with Crippen LogP contribution in [0.5, 0.6) is 11.5 Å². The Morgan fingerprint density at radius 3 is 2.72 bits per heavy atom. The molecule has 3 saturated heterocycles. The number of hydrogen-bond acceptors (Lipinski definition) is 8. The minimum Gasteiger partial charge on any atom is -0.504 e. The van der Waals surface area contributed by atoms with Gasteiger partial charge in [-0.15, -0.1) is 0 Å². The largest absolute Gasteiger partial charge is 0.504 e. The molecular formula is C19H21ClN4O7S. The fraction of sp³-hybridized carbons (Fsp3) is 0.474. The maximum atomic E-state index is 12.7. The number of hydrazone groups is 1. The number of phenols is 2. The molecule has 3 fully saturated rings. The fourth-order valence-electron chi connectivity index (χ4n) is 4.12. The molecule has 3 aliphatic rings. The Hall–Kier alpha value is -2.86. The third-order valence-electron chi connectivity index (χ3n) is 6.19. The number of carbonyl (C=O) groups is 3. The predicted molar refractivity (Wildman–Crippen MR) is 113 cm³/mol. The third kappa shape index (κ3) is 3.37. The summed E-state index contributed by atoms with van der Waals surface area (Å²) in [6.45, 7) is 1.79. The normalized spacial score (nSPS) is 28.6. The van der Waals surface area contributed by atoms with E-state index in [0.717, 1.165) is 12.3 Å². The number of carbonyl (C=O) groups excluding carboxylic acids is 3. The summed E-state index contributed by atoms with van der Waals surface area (Å²) in [4.78, 5) is 39.4. The SMILES string of the molecule is C[C@]1(/C=N/NC(=O)C2CCN(C(=O)c3ccc(O)c(O)c3Cl)C2)CN2C(=O)C[C@H]2S1(=O)=O. The molecule has 3 N–H and O–H groups in total. The maximum absolute atomic E-state index is 12.7. The standard InChI is InChI=1S/C19H21ClN4O7S/c1-19(9-24-13(26)6-14(24)32(19,30)31)8-21-22-17(28)10-4-5-23(7-10)18(29)11-2-3-12(25)16(27)15(11)20/h2-3,8,10,14,25,27H,4-7,9H2,1H3,(H,22,28)/b21-8+/t10?,14-,19+/m1/s1. The lowest BCUT2D eigenvalue weighted by atomic mass is 10.1. The van der Waals surface area contributed by atoms with Crippen molar-refractivity contribution in [2.75, 3.05) is 19.6 Å². The predicted octanol–water partition coefficient (Wildman–Crippen LogP) is 0.0608. The number of aromatic hydroxyl groups is 2. The van der Waals surface area contributed by atoms with Gasteiger partial charge in [0.25, 0.3) is 5.91 Å². The van der Waals surface area contributed by atoms with Crippen LogP contribution in [-0.2, 0) is 19.4 Å². The van der Waals surface area contributed by atoms with Crippen molar-refractivity contribution in [3.05, 3.63) is 22.7 Å². The summed E-state index contributed by atoms with van der Waals surface area (Å²) in [5.74, 6) is -2.82. The highest BCUT2D eigenvalue weighted by Crippen LogP contribution is 2.40. The Morgan fingerprint density at radius 1 is 1.34 bits per heavy atom. The highest BCUT2D eigenvalue weighted by atomic mass is 35.5. The highest BCUT2D eigenvalue weighted by Gasteiger charge is 2.61. The number of halogens is 1. The first-order chi connectivity index (χ1) is 15.0. The molecule has 0 spiro atoms. The smallest absolute Gasteiger partial charge is 0.255 e. The van der Waals surface area contributed by atoms with E-state index in [-0.39, 0.29) is 42.5 Å². The lowest BCUT2D eigenvalue weighted by Gasteiger charge is -2.31. The van der Waals surface area contributed by atoms with Crippen LogP contribution in [0.4, 0.5) is 0 Å². The zero-order chi connectivity index (χ0) is 23.4. The Balaban J connectivity index is 1.37. The van der Waals surface area contributed by atoms with Crippen LogP contribution < -0.4 is 5.43 Å². The van der Waals surface area contributed by atoms with Gasteiger partial charge in [-0.05, 0) is 25.5 Å². The lowest BCUT2D eigenvalue weighted by Crippen LogP contribution is -2.50. The lowest BCUT2D eigenvalue weighted by molar-refractivity contribution is -0.140. The van der Waals surface area contributed by atoms with Crippen LogP contribution >= 0.6 is 11.6 Å². The summed E-state index contributed by atoms with van der Waals surface area (Å²) in [6, 6.07) is 2.44. The van der Waals surface area contributed by atoms with E-state index < -0.39 is 49.2 Å². The van der Waals surface area contributed by atoms with Crippen LogP contribution in [0.15, 0.2) is 17.2 Å². The van der Waals surface area contributed by atoms with E-state index in [0.29, 0.717) is 6.42 Å². The van der Waals surface area contributed by atoms with Crippen LogP contribution in [0.2, 0.25) is 5.02 Å². The number of amides is 3. The van der Waals surface area contributed by atoms with Crippen LogP contribution in [-0.4, -0.2) is 82.1 Å². The van der Waals surface area contributed by atoms with Crippen molar-refractivity contribution in [1.29, 1.82) is 0 Å². The summed E-state index contributed by atoms with van der Waals surface area (Å²) in [5.41, 5.74) is 2.33. The van der Waals surface area contributed by atoms with Gasteiger partial charge in [-0.2, -0.15) is 5.10 Å². The molecule has 0 bridgehead atoms. The minimum atomic E-state index is -3.64. The molecule has 0 aromatic heterocycles. The Morgan fingerprint density at radius 2 is 2.06 bits per heavy atom. The number of nitrogens with zero attached hydrogens (tertiary/aromatic N) is 3. The number of rotatable bonds is 4. The first-order valence-corrected chi connectivity index (χ1v) is 11.8. The van der Waals surface area contributed by atoms with Crippen molar-refractivity contribution in [1.82, 2.24) is 15.2 Å². The first-order valence-electron chi connectivity index (χ1n) is 9.83. The van der Waals surface area contributed by atoms with Gasteiger partial charge < -0.3 is 20.0 Å². The zero-order valence-electron chi connectivity index (χ0n) is 17.0. The molecule has 3 aliphatic heterocycles. The van der Waals surface area contributed by atoms with Crippen LogP contribution in [0.1, 0.15) is 30.1 Å². The number of hydrogen-bond donors (Lipinski definition) is 3. The molecule has 3 amide bonds. The molecule has 1 aromatic carbocycles. The van der Waals surface area contributed by atoms with Crippen molar-refractivity contribution in [3.8, 4) is 11.5 Å². The Kier molecular flexibility index (Phi) is 5.32. The summed E-state index contributed by atoms with van der Waals surface area (Å²) in [7, 11) is -3.64. The number of fused-ring (bicyclic) bond motifs is 1. The Bertz CT molecular complexity index is 1150.